The summed E-state index contributed by atoms with van der Waals surface area (Å²) in [4.78, 5) is 17.6. The van der Waals surface area contributed by atoms with E-state index in [2.05, 4.69) is 16.8 Å². The molecule has 0 bridgehead atoms. The van der Waals surface area contributed by atoms with Crippen LogP contribution in [0.3, 0.4) is 0 Å². The number of amides is 1. The lowest BCUT2D eigenvalue weighted by Gasteiger charge is -2.26. The predicted molar refractivity (Wildman–Crippen MR) is 67.8 cm³/mol. The van der Waals surface area contributed by atoms with Gasteiger partial charge in [-0.25, -0.2) is 4.98 Å². The van der Waals surface area contributed by atoms with Gasteiger partial charge >= 0.3 is 0 Å². The third-order valence-electron chi connectivity index (χ3n) is 3.28. The number of carbonyl (C=O) groups excluding carboxylic acids is 1. The van der Waals surface area contributed by atoms with Crippen LogP contribution in [-0.2, 0) is 0 Å². The molecule has 0 saturated carbocycles. The maximum atomic E-state index is 11.1. The van der Waals surface area contributed by atoms with Crippen molar-refractivity contribution >= 4 is 17.4 Å². The van der Waals surface area contributed by atoms with Gasteiger partial charge in [-0.2, -0.15) is 0 Å². The van der Waals surface area contributed by atoms with Gasteiger partial charge in [-0.3, -0.25) is 4.79 Å². The number of aromatic nitrogens is 1. The molecular weight excluding hydrogens is 216 g/mol. The molecule has 17 heavy (non-hydrogen) atoms. The highest BCUT2D eigenvalue weighted by Gasteiger charge is 2.26. The van der Waals surface area contributed by atoms with Crippen molar-refractivity contribution in [3.05, 3.63) is 17.8 Å². The number of hydrogen-bond acceptors (Lipinski definition) is 4. The molecular formula is C12H18N4O. The maximum absolute atomic E-state index is 11.1. The molecule has 4 N–H and O–H groups in total. The molecule has 0 radical (unpaired) electrons. The van der Waals surface area contributed by atoms with Crippen molar-refractivity contribution in [2.24, 2.45) is 5.73 Å². The quantitative estimate of drug-likeness (QED) is 0.821. The van der Waals surface area contributed by atoms with Crippen molar-refractivity contribution in [2.45, 2.75) is 32.2 Å². The lowest BCUT2D eigenvalue weighted by Crippen LogP contribution is -2.30. The Morgan fingerprint density at radius 2 is 2.35 bits per heavy atom. The first-order valence-corrected chi connectivity index (χ1v) is 5.96. The predicted octanol–water partition coefficient (Wildman–Crippen LogP) is 1.14. The van der Waals surface area contributed by atoms with Crippen molar-refractivity contribution in [2.75, 3.05) is 17.2 Å². The maximum Gasteiger partial charge on any atom is 0.267 e. The molecule has 5 heteroatoms. The topological polar surface area (TPSA) is 85.2 Å². The second-order valence-electron chi connectivity index (χ2n) is 4.37. The lowest BCUT2D eigenvalue weighted by molar-refractivity contribution is 0.0995. The number of anilines is 2. The molecule has 1 aliphatic rings. The largest absolute Gasteiger partial charge is 0.396 e. The molecule has 1 fully saturated rings. The summed E-state index contributed by atoms with van der Waals surface area (Å²) in [6.45, 7) is 3.09. The monoisotopic (exact) mass is 234 g/mol. The molecule has 0 aliphatic carbocycles. The van der Waals surface area contributed by atoms with Crippen LogP contribution in [0.4, 0.5) is 11.5 Å². The number of hydrogen-bond donors (Lipinski definition) is 2. The molecule has 1 atom stereocenters. The van der Waals surface area contributed by atoms with Gasteiger partial charge in [0.25, 0.3) is 5.91 Å². The fraction of sp³-hybridized carbons (Fsp3) is 0.500. The highest BCUT2D eigenvalue weighted by atomic mass is 16.1. The Bertz CT molecular complexity index is 433. The zero-order valence-corrected chi connectivity index (χ0v) is 10.0. The van der Waals surface area contributed by atoms with Gasteiger partial charge in [-0.15, -0.1) is 0 Å². The smallest absolute Gasteiger partial charge is 0.267 e. The molecule has 1 saturated heterocycles. The minimum absolute atomic E-state index is 0.274. The number of carbonyl (C=O) groups is 1. The number of nitrogens with two attached hydrogens (primary N) is 2. The van der Waals surface area contributed by atoms with E-state index in [-0.39, 0.29) is 5.69 Å². The van der Waals surface area contributed by atoms with Crippen molar-refractivity contribution in [1.29, 1.82) is 0 Å². The van der Waals surface area contributed by atoms with Crippen LogP contribution in [0.2, 0.25) is 0 Å². The Hall–Kier alpha value is -1.78. The van der Waals surface area contributed by atoms with Gasteiger partial charge in [0, 0.05) is 12.6 Å². The molecule has 2 rings (SSSR count). The van der Waals surface area contributed by atoms with Crippen molar-refractivity contribution in [1.82, 2.24) is 4.98 Å². The molecule has 0 aromatic carbocycles. The van der Waals surface area contributed by atoms with Gasteiger partial charge in [0.2, 0.25) is 0 Å². The van der Waals surface area contributed by atoms with Crippen LogP contribution in [-0.4, -0.2) is 23.5 Å². The second-order valence-corrected chi connectivity index (χ2v) is 4.37. The summed E-state index contributed by atoms with van der Waals surface area (Å²) in [5.41, 5.74) is 12.0. The molecule has 5 nitrogen and oxygen atoms in total. The number of nitrogen functional groups attached to an aromatic ring is 1. The number of primary amides is 1. The standard InChI is InChI=1S/C12H18N4O/c1-2-8-4-3-7-16(8)12-9(13)5-6-10(15-12)11(14)17/h5-6,8H,2-4,7,13H2,1H3,(H2,14,17). The third-order valence-corrected chi connectivity index (χ3v) is 3.28. The van der Waals surface area contributed by atoms with Gasteiger partial charge in [-0.05, 0) is 31.4 Å². The SMILES string of the molecule is CCC1CCCN1c1nc(C(N)=O)ccc1N. The van der Waals surface area contributed by atoms with Crippen LogP contribution in [0.5, 0.6) is 0 Å². The summed E-state index contributed by atoms with van der Waals surface area (Å²) in [5, 5.41) is 0. The molecule has 2 heterocycles. The van der Waals surface area contributed by atoms with E-state index in [0.717, 1.165) is 25.8 Å². The van der Waals surface area contributed by atoms with E-state index in [9.17, 15) is 4.79 Å². The van der Waals surface area contributed by atoms with Crippen LogP contribution in [0.15, 0.2) is 12.1 Å². The fourth-order valence-corrected chi connectivity index (χ4v) is 2.37. The Labute approximate surface area is 101 Å². The van der Waals surface area contributed by atoms with Gasteiger partial charge in [0.1, 0.15) is 5.69 Å². The summed E-state index contributed by atoms with van der Waals surface area (Å²) >= 11 is 0. The molecule has 1 aliphatic heterocycles. The Kier molecular flexibility index (Phi) is 3.17. The molecule has 1 aromatic rings. The van der Waals surface area contributed by atoms with E-state index in [4.69, 9.17) is 11.5 Å². The highest BCUT2D eigenvalue weighted by Crippen LogP contribution is 2.29. The van der Waals surface area contributed by atoms with E-state index >= 15 is 0 Å². The van der Waals surface area contributed by atoms with Crippen molar-refractivity contribution < 1.29 is 4.79 Å². The number of nitrogens with zero attached hydrogens (tertiary/aromatic N) is 2. The van der Waals surface area contributed by atoms with E-state index in [1.807, 2.05) is 0 Å². The zero-order chi connectivity index (χ0) is 12.4. The van der Waals surface area contributed by atoms with Crippen LogP contribution < -0.4 is 16.4 Å². The van der Waals surface area contributed by atoms with Crippen LogP contribution in [0, 0.1) is 0 Å². The van der Waals surface area contributed by atoms with Crippen molar-refractivity contribution in [3.63, 3.8) is 0 Å². The molecule has 92 valence electrons. The van der Waals surface area contributed by atoms with Crippen LogP contribution in [0.25, 0.3) is 0 Å². The second kappa shape index (κ2) is 4.61. The summed E-state index contributed by atoms with van der Waals surface area (Å²) in [6.07, 6.45) is 3.35. The minimum Gasteiger partial charge on any atom is -0.396 e. The Morgan fingerprint density at radius 3 is 3.00 bits per heavy atom. The Morgan fingerprint density at radius 1 is 1.59 bits per heavy atom. The van der Waals surface area contributed by atoms with Gasteiger partial charge < -0.3 is 16.4 Å². The number of rotatable bonds is 3. The highest BCUT2D eigenvalue weighted by molar-refractivity contribution is 5.92. The first-order chi connectivity index (χ1) is 8.13. The zero-order valence-electron chi connectivity index (χ0n) is 10.0. The number of pyridine rings is 1. The van der Waals surface area contributed by atoms with Gasteiger partial charge in [0.05, 0.1) is 5.69 Å². The fourth-order valence-electron chi connectivity index (χ4n) is 2.37. The normalized spacial score (nSPS) is 19.6. The average molecular weight is 234 g/mol. The summed E-state index contributed by atoms with van der Waals surface area (Å²) in [5.74, 6) is 0.184. The van der Waals surface area contributed by atoms with Gasteiger partial charge in [-0.1, -0.05) is 6.92 Å². The molecule has 1 amide bonds. The van der Waals surface area contributed by atoms with E-state index < -0.39 is 5.91 Å². The van der Waals surface area contributed by atoms with Crippen LogP contribution in [0.1, 0.15) is 36.7 Å². The first-order valence-electron chi connectivity index (χ1n) is 5.96. The Balaban J connectivity index is 2.36. The average Bonchev–Trinajstić information content (AvgIpc) is 2.77. The summed E-state index contributed by atoms with van der Waals surface area (Å²) in [6, 6.07) is 3.74. The summed E-state index contributed by atoms with van der Waals surface area (Å²) in [7, 11) is 0. The minimum atomic E-state index is -0.515. The van der Waals surface area contributed by atoms with E-state index in [1.165, 1.54) is 0 Å². The molecule has 0 spiro atoms. The van der Waals surface area contributed by atoms with E-state index in [0.29, 0.717) is 17.5 Å². The van der Waals surface area contributed by atoms with Gasteiger partial charge in [0.15, 0.2) is 5.82 Å². The third kappa shape index (κ3) is 2.18. The van der Waals surface area contributed by atoms with Crippen LogP contribution >= 0.6 is 0 Å². The van der Waals surface area contributed by atoms with Crippen molar-refractivity contribution in [3.8, 4) is 0 Å². The molecule has 1 unspecified atom stereocenters. The van der Waals surface area contributed by atoms with E-state index in [1.54, 1.807) is 12.1 Å². The first kappa shape index (κ1) is 11.7. The summed E-state index contributed by atoms with van der Waals surface area (Å²) < 4.78 is 0. The molecule has 1 aromatic heterocycles. The lowest BCUT2D eigenvalue weighted by atomic mass is 10.1.